The summed E-state index contributed by atoms with van der Waals surface area (Å²) < 4.78 is 2.52. The fourth-order valence-corrected chi connectivity index (χ4v) is 3.61. The fourth-order valence-electron chi connectivity index (χ4n) is 2.46. The third-order valence-electron chi connectivity index (χ3n) is 3.95. The van der Waals surface area contributed by atoms with Crippen molar-refractivity contribution in [1.29, 1.82) is 0 Å². The van der Waals surface area contributed by atoms with Crippen LogP contribution in [0.1, 0.15) is 12.5 Å². The lowest BCUT2D eigenvalue weighted by Crippen LogP contribution is -2.24. The number of hydrogen-bond donors (Lipinski definition) is 2. The molecule has 8 heteroatoms. The van der Waals surface area contributed by atoms with Crippen LogP contribution in [0.25, 0.3) is 0 Å². The summed E-state index contributed by atoms with van der Waals surface area (Å²) in [4.78, 5) is 24.5. The Bertz CT molecular complexity index is 954. The van der Waals surface area contributed by atoms with Gasteiger partial charge in [0.25, 0.3) is 0 Å². The Morgan fingerprint density at radius 3 is 2.63 bits per heavy atom. The lowest BCUT2D eigenvalue weighted by atomic mass is 10.1. The maximum absolute atomic E-state index is 12.4. The molecule has 2 N–H and O–H groups in total. The molecule has 1 amide bonds. The van der Waals surface area contributed by atoms with Gasteiger partial charge in [-0.05, 0) is 43.2 Å². The van der Waals surface area contributed by atoms with Crippen LogP contribution in [-0.2, 0) is 17.8 Å². The van der Waals surface area contributed by atoms with E-state index in [0.29, 0.717) is 18.1 Å². The number of halogens is 1. The number of carbonyl (C=O) groups is 1. The van der Waals surface area contributed by atoms with Crippen molar-refractivity contribution in [2.24, 2.45) is 0 Å². The van der Waals surface area contributed by atoms with E-state index in [4.69, 9.17) is 0 Å². The number of rotatable bonds is 7. The predicted molar refractivity (Wildman–Crippen MR) is 111 cm³/mol. The molecular weight excluding hydrogens is 428 g/mol. The van der Waals surface area contributed by atoms with Gasteiger partial charge in [-0.25, -0.2) is 9.89 Å². The highest BCUT2D eigenvalue weighted by atomic mass is 79.9. The van der Waals surface area contributed by atoms with Crippen LogP contribution in [-0.4, -0.2) is 25.9 Å². The Morgan fingerprint density at radius 2 is 1.93 bits per heavy atom. The molecule has 1 atom stereocenters. The number of benzene rings is 2. The molecule has 140 valence electrons. The minimum absolute atomic E-state index is 0.146. The number of nitrogens with zero attached hydrogens (tertiary/aromatic N) is 2. The molecule has 1 unspecified atom stereocenters. The van der Waals surface area contributed by atoms with Crippen LogP contribution >= 0.6 is 27.7 Å². The van der Waals surface area contributed by atoms with Gasteiger partial charge in [-0.15, -0.1) is 5.10 Å². The number of hydrogen-bond acceptors (Lipinski definition) is 4. The summed E-state index contributed by atoms with van der Waals surface area (Å²) in [6, 6.07) is 17.3. The normalized spacial score (nSPS) is 11.9. The molecule has 0 aliphatic rings. The minimum Gasteiger partial charge on any atom is -0.325 e. The average Bonchev–Trinajstić information content (AvgIpc) is 3.02. The first kappa shape index (κ1) is 19.4. The van der Waals surface area contributed by atoms with Crippen molar-refractivity contribution in [3.8, 4) is 0 Å². The third-order valence-corrected chi connectivity index (χ3v) is 5.57. The molecule has 0 radical (unpaired) electrons. The molecule has 0 fully saturated rings. The summed E-state index contributed by atoms with van der Waals surface area (Å²) in [7, 11) is 0. The molecule has 3 rings (SSSR count). The molecule has 0 aliphatic heterocycles. The van der Waals surface area contributed by atoms with E-state index >= 15 is 0 Å². The number of aromatic nitrogens is 3. The number of aromatic amines is 1. The Balaban J connectivity index is 1.63. The maximum atomic E-state index is 12.4. The summed E-state index contributed by atoms with van der Waals surface area (Å²) in [5, 5.41) is 9.52. The zero-order chi connectivity index (χ0) is 19.2. The standard InChI is InChI=1S/C19H19BrN4O2S/c1-13(17(25)21-16-9-7-15(20)8-10-16)27-19-23-22-18(26)24(19)12-11-14-5-3-2-4-6-14/h2-10,13H,11-12H2,1H3,(H,21,25)(H,22,26). The summed E-state index contributed by atoms with van der Waals surface area (Å²) in [6.45, 7) is 2.29. The number of anilines is 1. The Labute approximate surface area is 169 Å². The summed E-state index contributed by atoms with van der Waals surface area (Å²) in [5.41, 5.74) is 1.59. The second-order valence-electron chi connectivity index (χ2n) is 5.95. The largest absolute Gasteiger partial charge is 0.343 e. The highest BCUT2D eigenvalue weighted by Crippen LogP contribution is 2.22. The SMILES string of the molecule is CC(Sc1n[nH]c(=O)n1CCc1ccccc1)C(=O)Nc1ccc(Br)cc1. The Hall–Kier alpha value is -2.32. The van der Waals surface area contributed by atoms with E-state index in [2.05, 4.69) is 31.4 Å². The lowest BCUT2D eigenvalue weighted by molar-refractivity contribution is -0.115. The van der Waals surface area contributed by atoms with E-state index in [-0.39, 0.29) is 11.6 Å². The molecule has 0 aliphatic carbocycles. The van der Waals surface area contributed by atoms with Crippen molar-refractivity contribution in [3.63, 3.8) is 0 Å². The fraction of sp³-hybridized carbons (Fsp3) is 0.211. The summed E-state index contributed by atoms with van der Waals surface area (Å²) in [6.07, 6.45) is 0.716. The first-order valence-electron chi connectivity index (χ1n) is 8.45. The smallest absolute Gasteiger partial charge is 0.325 e. The lowest BCUT2D eigenvalue weighted by Gasteiger charge is -2.12. The first-order chi connectivity index (χ1) is 13.0. The van der Waals surface area contributed by atoms with E-state index < -0.39 is 5.25 Å². The maximum Gasteiger partial charge on any atom is 0.343 e. The van der Waals surface area contributed by atoms with Gasteiger partial charge >= 0.3 is 5.69 Å². The Morgan fingerprint density at radius 1 is 1.22 bits per heavy atom. The molecule has 0 saturated carbocycles. The second-order valence-corrected chi connectivity index (χ2v) is 8.18. The predicted octanol–water partition coefficient (Wildman–Crippen LogP) is 3.70. The summed E-state index contributed by atoms with van der Waals surface area (Å²) >= 11 is 4.62. The molecule has 0 spiro atoms. The van der Waals surface area contributed by atoms with E-state index in [0.717, 1.165) is 15.7 Å². The Kier molecular flexibility index (Phi) is 6.52. The van der Waals surface area contributed by atoms with Crippen LogP contribution in [0, 0.1) is 0 Å². The monoisotopic (exact) mass is 446 g/mol. The zero-order valence-electron chi connectivity index (χ0n) is 14.7. The molecule has 0 bridgehead atoms. The number of nitrogens with one attached hydrogen (secondary N) is 2. The van der Waals surface area contributed by atoms with Gasteiger partial charge in [0, 0.05) is 16.7 Å². The van der Waals surface area contributed by atoms with Crippen molar-refractivity contribution in [3.05, 3.63) is 75.1 Å². The van der Waals surface area contributed by atoms with Gasteiger partial charge in [0.2, 0.25) is 5.91 Å². The molecule has 1 aromatic heterocycles. The number of H-pyrrole nitrogens is 1. The van der Waals surface area contributed by atoms with Gasteiger partial charge in [0.15, 0.2) is 5.16 Å². The number of carbonyl (C=O) groups excluding carboxylic acids is 1. The van der Waals surface area contributed by atoms with Crippen LogP contribution in [0.15, 0.2) is 69.0 Å². The second kappa shape index (κ2) is 9.05. The zero-order valence-corrected chi connectivity index (χ0v) is 17.1. The van der Waals surface area contributed by atoms with Gasteiger partial charge in [-0.1, -0.05) is 58.0 Å². The van der Waals surface area contributed by atoms with Crippen molar-refractivity contribution in [1.82, 2.24) is 14.8 Å². The number of amides is 1. The highest BCUT2D eigenvalue weighted by molar-refractivity contribution is 9.10. The van der Waals surface area contributed by atoms with Gasteiger partial charge in [0.05, 0.1) is 5.25 Å². The molecular formula is C19H19BrN4O2S. The van der Waals surface area contributed by atoms with Crippen molar-refractivity contribution in [2.75, 3.05) is 5.32 Å². The van der Waals surface area contributed by atoms with E-state index in [1.807, 2.05) is 54.6 Å². The van der Waals surface area contributed by atoms with Crippen molar-refractivity contribution >= 4 is 39.3 Å². The minimum atomic E-state index is -0.403. The van der Waals surface area contributed by atoms with Crippen molar-refractivity contribution in [2.45, 2.75) is 30.3 Å². The molecule has 2 aromatic carbocycles. The molecule has 27 heavy (non-hydrogen) atoms. The molecule has 3 aromatic rings. The average molecular weight is 447 g/mol. The molecule has 0 saturated heterocycles. The molecule has 1 heterocycles. The van der Waals surface area contributed by atoms with Crippen LogP contribution in [0.3, 0.4) is 0 Å². The van der Waals surface area contributed by atoms with Gasteiger partial charge in [-0.3, -0.25) is 9.36 Å². The highest BCUT2D eigenvalue weighted by Gasteiger charge is 2.19. The topological polar surface area (TPSA) is 79.8 Å². The molecule has 6 nitrogen and oxygen atoms in total. The van der Waals surface area contributed by atoms with Crippen LogP contribution in [0.2, 0.25) is 0 Å². The first-order valence-corrected chi connectivity index (χ1v) is 10.1. The van der Waals surface area contributed by atoms with Crippen LogP contribution in [0.5, 0.6) is 0 Å². The third kappa shape index (κ3) is 5.33. The number of aryl methyl sites for hydroxylation is 1. The van der Waals surface area contributed by atoms with Crippen LogP contribution in [0.4, 0.5) is 5.69 Å². The van der Waals surface area contributed by atoms with Crippen molar-refractivity contribution < 1.29 is 4.79 Å². The van der Waals surface area contributed by atoms with E-state index in [1.165, 1.54) is 11.8 Å². The van der Waals surface area contributed by atoms with Gasteiger partial charge in [0.1, 0.15) is 0 Å². The van der Waals surface area contributed by atoms with Gasteiger partial charge < -0.3 is 5.32 Å². The number of thioether (sulfide) groups is 1. The summed E-state index contributed by atoms with van der Waals surface area (Å²) in [5.74, 6) is -0.146. The van der Waals surface area contributed by atoms with E-state index in [9.17, 15) is 9.59 Å². The van der Waals surface area contributed by atoms with E-state index in [1.54, 1.807) is 11.5 Å². The van der Waals surface area contributed by atoms with Gasteiger partial charge in [-0.2, -0.15) is 0 Å². The van der Waals surface area contributed by atoms with Crippen LogP contribution < -0.4 is 11.0 Å². The quantitative estimate of drug-likeness (QED) is 0.542.